The maximum absolute atomic E-state index is 12.1. The summed E-state index contributed by atoms with van der Waals surface area (Å²) in [6.07, 6.45) is 5.07. The molecular weight excluding hydrogens is 292 g/mol. The van der Waals surface area contributed by atoms with Gasteiger partial charge >= 0.3 is 5.97 Å². The average molecular weight is 321 g/mol. The van der Waals surface area contributed by atoms with E-state index in [1.165, 1.54) is 7.11 Å². The van der Waals surface area contributed by atoms with Gasteiger partial charge in [-0.25, -0.2) is 4.79 Å². The molecule has 1 aliphatic heterocycles. The number of hydrogen-bond donors (Lipinski definition) is 2. The summed E-state index contributed by atoms with van der Waals surface area (Å²) in [5.41, 5.74) is -0.894. The summed E-state index contributed by atoms with van der Waals surface area (Å²) < 4.78 is 4.80. The molecule has 2 N–H and O–H groups in total. The van der Waals surface area contributed by atoms with Crippen molar-refractivity contribution in [2.75, 3.05) is 20.2 Å². The van der Waals surface area contributed by atoms with Crippen LogP contribution in [0.15, 0.2) is 0 Å². The van der Waals surface area contributed by atoms with Crippen LogP contribution in [-0.4, -0.2) is 37.6 Å². The van der Waals surface area contributed by atoms with Gasteiger partial charge in [0.25, 0.3) is 0 Å². The van der Waals surface area contributed by atoms with Crippen LogP contribution in [0.5, 0.6) is 0 Å². The van der Waals surface area contributed by atoms with Crippen molar-refractivity contribution in [3.8, 4) is 0 Å². The van der Waals surface area contributed by atoms with Crippen molar-refractivity contribution < 1.29 is 14.3 Å². The zero-order valence-corrected chi connectivity index (χ0v) is 14.2. The van der Waals surface area contributed by atoms with Gasteiger partial charge < -0.3 is 15.4 Å². The van der Waals surface area contributed by atoms with Crippen LogP contribution < -0.4 is 10.6 Å². The summed E-state index contributed by atoms with van der Waals surface area (Å²) in [5, 5.41) is 6.17. The molecule has 0 aromatic carbocycles. The second kappa shape index (κ2) is 10.0. The SMILES string of the molecule is CCCC(C)(NC(=O)CCC1CCNCC1)C(=O)OC.Cl. The van der Waals surface area contributed by atoms with Crippen molar-refractivity contribution >= 4 is 24.3 Å². The van der Waals surface area contributed by atoms with E-state index in [1.54, 1.807) is 6.92 Å². The quantitative estimate of drug-likeness (QED) is 0.704. The molecule has 0 saturated carbocycles. The second-order valence-electron chi connectivity index (χ2n) is 5.85. The van der Waals surface area contributed by atoms with Crippen LogP contribution in [0.2, 0.25) is 0 Å². The maximum Gasteiger partial charge on any atom is 0.331 e. The minimum Gasteiger partial charge on any atom is -0.467 e. The third-order valence-electron chi connectivity index (χ3n) is 4.04. The van der Waals surface area contributed by atoms with Crippen molar-refractivity contribution in [3.05, 3.63) is 0 Å². The van der Waals surface area contributed by atoms with Crippen LogP contribution >= 0.6 is 12.4 Å². The Kier molecular flexibility index (Phi) is 9.62. The van der Waals surface area contributed by atoms with Crippen LogP contribution in [0.3, 0.4) is 0 Å². The summed E-state index contributed by atoms with van der Waals surface area (Å²) in [6, 6.07) is 0. The van der Waals surface area contributed by atoms with Crippen LogP contribution in [0, 0.1) is 5.92 Å². The smallest absolute Gasteiger partial charge is 0.331 e. The van der Waals surface area contributed by atoms with E-state index in [2.05, 4.69) is 10.6 Å². The number of esters is 1. The Hall–Kier alpha value is -0.810. The molecule has 1 heterocycles. The van der Waals surface area contributed by atoms with Crippen LogP contribution in [0.25, 0.3) is 0 Å². The van der Waals surface area contributed by atoms with E-state index in [9.17, 15) is 9.59 Å². The number of methoxy groups -OCH3 is 1. The summed E-state index contributed by atoms with van der Waals surface area (Å²) in [4.78, 5) is 23.9. The van der Waals surface area contributed by atoms with Gasteiger partial charge in [0.05, 0.1) is 7.11 Å². The van der Waals surface area contributed by atoms with Gasteiger partial charge in [-0.15, -0.1) is 12.4 Å². The maximum atomic E-state index is 12.1. The predicted octanol–water partition coefficient (Wildman–Crippen LogP) is 2.04. The molecule has 1 saturated heterocycles. The van der Waals surface area contributed by atoms with E-state index >= 15 is 0 Å². The van der Waals surface area contributed by atoms with Crippen molar-refractivity contribution in [3.63, 3.8) is 0 Å². The van der Waals surface area contributed by atoms with Crippen molar-refractivity contribution in [2.24, 2.45) is 5.92 Å². The normalized spacial score (nSPS) is 18.2. The minimum atomic E-state index is -0.894. The first-order valence-electron chi connectivity index (χ1n) is 7.62. The number of ether oxygens (including phenoxy) is 1. The number of nitrogens with one attached hydrogen (secondary N) is 2. The highest BCUT2D eigenvalue weighted by molar-refractivity contribution is 5.87. The van der Waals surface area contributed by atoms with E-state index < -0.39 is 5.54 Å². The molecule has 1 rings (SSSR count). The topological polar surface area (TPSA) is 67.4 Å². The minimum absolute atomic E-state index is 0. The third-order valence-corrected chi connectivity index (χ3v) is 4.04. The molecule has 6 heteroatoms. The summed E-state index contributed by atoms with van der Waals surface area (Å²) in [7, 11) is 1.36. The van der Waals surface area contributed by atoms with Crippen LogP contribution in [0.4, 0.5) is 0 Å². The van der Waals surface area contributed by atoms with Crippen molar-refractivity contribution in [1.82, 2.24) is 10.6 Å². The summed E-state index contributed by atoms with van der Waals surface area (Å²) >= 11 is 0. The third kappa shape index (κ3) is 6.66. The van der Waals surface area contributed by atoms with Gasteiger partial charge in [-0.3, -0.25) is 4.79 Å². The van der Waals surface area contributed by atoms with Crippen molar-refractivity contribution in [2.45, 2.75) is 57.9 Å². The number of halogens is 1. The number of carbonyl (C=O) groups is 2. The largest absolute Gasteiger partial charge is 0.467 e. The highest BCUT2D eigenvalue weighted by atomic mass is 35.5. The zero-order valence-electron chi connectivity index (χ0n) is 13.4. The van der Waals surface area contributed by atoms with Crippen LogP contribution in [0.1, 0.15) is 52.4 Å². The van der Waals surface area contributed by atoms with Gasteiger partial charge in [0.2, 0.25) is 5.91 Å². The molecule has 1 unspecified atom stereocenters. The lowest BCUT2D eigenvalue weighted by Crippen LogP contribution is -2.52. The molecular formula is C15H29ClN2O3. The Morgan fingerprint density at radius 3 is 2.48 bits per heavy atom. The Morgan fingerprint density at radius 2 is 1.95 bits per heavy atom. The number of carbonyl (C=O) groups excluding carboxylic acids is 2. The first-order chi connectivity index (χ1) is 9.51. The molecule has 0 aromatic rings. The zero-order chi connectivity index (χ0) is 15.0. The van der Waals surface area contributed by atoms with Crippen molar-refractivity contribution in [1.29, 1.82) is 0 Å². The molecule has 0 spiro atoms. The van der Waals surface area contributed by atoms with Gasteiger partial charge in [0.1, 0.15) is 5.54 Å². The molecule has 0 bridgehead atoms. The Bertz CT molecular complexity index is 333. The molecule has 21 heavy (non-hydrogen) atoms. The molecule has 1 atom stereocenters. The molecule has 5 nitrogen and oxygen atoms in total. The Morgan fingerprint density at radius 1 is 1.33 bits per heavy atom. The predicted molar refractivity (Wildman–Crippen MR) is 85.5 cm³/mol. The lowest BCUT2D eigenvalue weighted by molar-refractivity contribution is -0.150. The fraction of sp³-hybridized carbons (Fsp3) is 0.867. The fourth-order valence-corrected chi connectivity index (χ4v) is 2.82. The number of piperidine rings is 1. The molecule has 1 aliphatic rings. The lowest BCUT2D eigenvalue weighted by atomic mass is 9.92. The van der Waals surface area contributed by atoms with E-state index in [-0.39, 0.29) is 24.3 Å². The van der Waals surface area contributed by atoms with Gasteiger partial charge in [0.15, 0.2) is 0 Å². The number of amides is 1. The van der Waals surface area contributed by atoms with Gasteiger partial charge in [-0.1, -0.05) is 13.3 Å². The van der Waals surface area contributed by atoms with E-state index in [0.29, 0.717) is 18.8 Å². The first-order valence-corrected chi connectivity index (χ1v) is 7.62. The molecule has 0 aliphatic carbocycles. The van der Waals surface area contributed by atoms with E-state index in [4.69, 9.17) is 4.74 Å². The second-order valence-corrected chi connectivity index (χ2v) is 5.85. The van der Waals surface area contributed by atoms with Gasteiger partial charge in [-0.05, 0) is 51.6 Å². The van der Waals surface area contributed by atoms with Gasteiger partial charge in [-0.2, -0.15) is 0 Å². The first kappa shape index (κ1) is 20.2. The molecule has 1 fully saturated rings. The summed E-state index contributed by atoms with van der Waals surface area (Å²) in [5.74, 6) is 0.206. The Balaban J connectivity index is 0.00000400. The molecule has 0 radical (unpaired) electrons. The summed E-state index contributed by atoms with van der Waals surface area (Å²) in [6.45, 7) is 5.82. The van der Waals surface area contributed by atoms with Crippen LogP contribution in [-0.2, 0) is 14.3 Å². The van der Waals surface area contributed by atoms with E-state index in [1.807, 2.05) is 6.92 Å². The molecule has 1 amide bonds. The standard InChI is InChI=1S/C15H28N2O3.ClH/c1-4-9-15(2,14(19)20-3)17-13(18)6-5-12-7-10-16-11-8-12;/h12,16H,4-11H2,1-3H3,(H,17,18);1H. The monoisotopic (exact) mass is 320 g/mol. The highest BCUT2D eigenvalue weighted by Crippen LogP contribution is 2.19. The number of rotatable bonds is 7. The average Bonchev–Trinajstić information content (AvgIpc) is 2.45. The highest BCUT2D eigenvalue weighted by Gasteiger charge is 2.34. The fourth-order valence-electron chi connectivity index (χ4n) is 2.82. The Labute approximate surface area is 134 Å². The van der Waals surface area contributed by atoms with E-state index in [0.717, 1.165) is 38.8 Å². The lowest BCUT2D eigenvalue weighted by Gasteiger charge is -2.28. The van der Waals surface area contributed by atoms with Gasteiger partial charge in [0, 0.05) is 6.42 Å². The number of hydrogen-bond acceptors (Lipinski definition) is 4. The molecule has 0 aromatic heterocycles. The molecule has 124 valence electrons.